The highest BCUT2D eigenvalue weighted by atomic mass is 19.1. The summed E-state index contributed by atoms with van der Waals surface area (Å²) in [6, 6.07) is 23.2. The van der Waals surface area contributed by atoms with Gasteiger partial charge in [-0.3, -0.25) is 0 Å². The Morgan fingerprint density at radius 1 is 0.568 bits per heavy atom. The zero-order valence-electron chi connectivity index (χ0n) is 24.7. The van der Waals surface area contributed by atoms with Crippen LogP contribution in [0.5, 0.6) is 0 Å². The standard InChI is InChI=1S/2C18H18FN3/c19-15-10-14(12-20-18(15)22-8-4-1-5-9-22)17-11-13-6-2-3-7-16(13)21-17;19-15-11-14(22-8-4-1-5-9-22)12-20-18(15)17-10-13-6-2-3-7-16(13)21-17/h2*2-3,6-7,10-12,21H,1,4-5,8-9H2. The predicted molar refractivity (Wildman–Crippen MR) is 175 cm³/mol. The van der Waals surface area contributed by atoms with Crippen LogP contribution in [0.25, 0.3) is 44.5 Å². The number of rotatable bonds is 4. The molecule has 2 N–H and O–H groups in total. The van der Waals surface area contributed by atoms with Crippen molar-refractivity contribution in [2.45, 2.75) is 38.5 Å². The highest BCUT2D eigenvalue weighted by Crippen LogP contribution is 2.29. The number of pyridine rings is 2. The van der Waals surface area contributed by atoms with E-state index in [1.807, 2.05) is 65.6 Å². The number of fused-ring (bicyclic) bond motifs is 2. The zero-order chi connectivity index (χ0) is 29.9. The Kier molecular flexibility index (Phi) is 7.97. The van der Waals surface area contributed by atoms with Gasteiger partial charge in [0.05, 0.1) is 17.6 Å². The first-order valence-corrected chi connectivity index (χ1v) is 15.6. The molecule has 8 rings (SSSR count). The summed E-state index contributed by atoms with van der Waals surface area (Å²) in [5, 5.41) is 2.19. The zero-order valence-corrected chi connectivity index (χ0v) is 24.7. The fraction of sp³-hybridized carbons (Fsp3) is 0.278. The van der Waals surface area contributed by atoms with Crippen molar-refractivity contribution >= 4 is 33.3 Å². The molecule has 0 bridgehead atoms. The Morgan fingerprint density at radius 3 is 1.77 bits per heavy atom. The smallest absolute Gasteiger partial charge is 0.166 e. The van der Waals surface area contributed by atoms with Crippen LogP contribution in [0, 0.1) is 11.6 Å². The molecule has 6 aromatic rings. The van der Waals surface area contributed by atoms with E-state index in [4.69, 9.17) is 0 Å². The van der Waals surface area contributed by atoms with Crippen LogP contribution in [0.15, 0.2) is 85.2 Å². The molecule has 4 aromatic heterocycles. The fourth-order valence-electron chi connectivity index (χ4n) is 6.30. The normalized spacial score (nSPS) is 15.4. The average Bonchev–Trinajstić information content (AvgIpc) is 3.71. The van der Waals surface area contributed by atoms with Gasteiger partial charge in [-0.2, -0.15) is 0 Å². The number of hydrogen-bond donors (Lipinski definition) is 2. The molecule has 2 saturated heterocycles. The van der Waals surface area contributed by atoms with E-state index in [2.05, 4.69) is 24.8 Å². The summed E-state index contributed by atoms with van der Waals surface area (Å²) in [5.74, 6) is -0.0211. The maximum Gasteiger partial charge on any atom is 0.166 e. The van der Waals surface area contributed by atoms with Gasteiger partial charge >= 0.3 is 0 Å². The van der Waals surface area contributed by atoms with Gasteiger partial charge in [-0.15, -0.1) is 0 Å². The highest BCUT2D eigenvalue weighted by Gasteiger charge is 2.18. The van der Waals surface area contributed by atoms with Crippen molar-refractivity contribution in [3.8, 4) is 22.6 Å². The van der Waals surface area contributed by atoms with Crippen LogP contribution in [-0.2, 0) is 0 Å². The lowest BCUT2D eigenvalue weighted by Gasteiger charge is -2.28. The average molecular weight is 591 g/mol. The van der Waals surface area contributed by atoms with E-state index in [0.717, 1.165) is 83.5 Å². The Hall–Kier alpha value is -4.72. The summed E-state index contributed by atoms with van der Waals surface area (Å²) in [4.78, 5) is 19.6. The molecule has 0 aliphatic carbocycles. The summed E-state index contributed by atoms with van der Waals surface area (Å²) < 4.78 is 29.0. The van der Waals surface area contributed by atoms with Gasteiger partial charge in [-0.1, -0.05) is 36.4 Å². The third-order valence-electron chi connectivity index (χ3n) is 8.65. The summed E-state index contributed by atoms with van der Waals surface area (Å²) in [6.45, 7) is 3.78. The Labute approximate surface area is 255 Å². The molecule has 224 valence electrons. The van der Waals surface area contributed by atoms with Crippen LogP contribution in [0.4, 0.5) is 20.3 Å². The number of piperidine rings is 2. The van der Waals surface area contributed by atoms with Crippen molar-refractivity contribution in [1.29, 1.82) is 0 Å². The quantitative estimate of drug-likeness (QED) is 0.216. The van der Waals surface area contributed by atoms with Crippen LogP contribution < -0.4 is 9.80 Å². The van der Waals surface area contributed by atoms with Crippen molar-refractivity contribution in [1.82, 2.24) is 19.9 Å². The van der Waals surface area contributed by atoms with Crippen LogP contribution >= 0.6 is 0 Å². The lowest BCUT2D eigenvalue weighted by Crippen LogP contribution is -2.30. The molecule has 6 heterocycles. The van der Waals surface area contributed by atoms with Crippen LogP contribution in [0.1, 0.15) is 38.5 Å². The monoisotopic (exact) mass is 590 g/mol. The number of nitrogens with zero attached hydrogens (tertiary/aromatic N) is 4. The first kappa shape index (κ1) is 28.1. The second kappa shape index (κ2) is 12.5. The molecule has 2 fully saturated rings. The summed E-state index contributed by atoms with van der Waals surface area (Å²) >= 11 is 0. The third kappa shape index (κ3) is 5.89. The maximum absolute atomic E-state index is 14.5. The van der Waals surface area contributed by atoms with Crippen molar-refractivity contribution in [3.05, 3.63) is 96.8 Å². The number of para-hydroxylation sites is 2. The lowest BCUT2D eigenvalue weighted by atomic mass is 10.1. The minimum atomic E-state index is -0.269. The molecule has 44 heavy (non-hydrogen) atoms. The largest absolute Gasteiger partial charge is 0.370 e. The maximum atomic E-state index is 14.5. The third-order valence-corrected chi connectivity index (χ3v) is 8.65. The molecule has 0 spiro atoms. The molecule has 0 saturated carbocycles. The van der Waals surface area contributed by atoms with E-state index in [0.29, 0.717) is 11.5 Å². The van der Waals surface area contributed by atoms with Gasteiger partial charge in [0.1, 0.15) is 5.69 Å². The molecular formula is C36H36F2N6. The summed E-state index contributed by atoms with van der Waals surface area (Å²) in [7, 11) is 0. The Morgan fingerprint density at radius 2 is 1.16 bits per heavy atom. The predicted octanol–water partition coefficient (Wildman–Crippen LogP) is 8.72. The Balaban J connectivity index is 0.000000142. The molecule has 0 atom stereocenters. The van der Waals surface area contributed by atoms with Gasteiger partial charge in [-0.25, -0.2) is 18.7 Å². The van der Waals surface area contributed by atoms with Gasteiger partial charge in [0, 0.05) is 71.5 Å². The van der Waals surface area contributed by atoms with Crippen LogP contribution in [0.2, 0.25) is 0 Å². The van der Waals surface area contributed by atoms with Crippen molar-refractivity contribution < 1.29 is 8.78 Å². The molecule has 2 aliphatic rings. The molecule has 2 aliphatic heterocycles. The number of H-pyrrole nitrogens is 2. The van der Waals surface area contributed by atoms with Gasteiger partial charge in [-0.05, 0) is 68.9 Å². The van der Waals surface area contributed by atoms with Gasteiger partial charge in [0.15, 0.2) is 17.5 Å². The topological polar surface area (TPSA) is 63.8 Å². The molecule has 0 radical (unpaired) electrons. The highest BCUT2D eigenvalue weighted by molar-refractivity contribution is 5.86. The van der Waals surface area contributed by atoms with Gasteiger partial charge < -0.3 is 19.8 Å². The minimum Gasteiger partial charge on any atom is -0.370 e. The summed E-state index contributed by atoms with van der Waals surface area (Å²) in [5.41, 5.74) is 5.74. The molecule has 0 unspecified atom stereocenters. The van der Waals surface area contributed by atoms with E-state index in [1.165, 1.54) is 25.7 Å². The lowest BCUT2D eigenvalue weighted by molar-refractivity contribution is 0.550. The molecule has 0 amide bonds. The molecule has 6 nitrogen and oxygen atoms in total. The van der Waals surface area contributed by atoms with E-state index >= 15 is 0 Å². The SMILES string of the molecule is Fc1cc(-c2cc3ccccc3[nH]2)cnc1N1CCCCC1.Fc1cc(N2CCCCC2)cnc1-c1cc2ccccc2[nH]1. The van der Waals surface area contributed by atoms with E-state index in [-0.39, 0.29) is 11.6 Å². The van der Waals surface area contributed by atoms with Crippen molar-refractivity contribution in [2.24, 2.45) is 0 Å². The number of benzene rings is 2. The van der Waals surface area contributed by atoms with E-state index < -0.39 is 0 Å². The van der Waals surface area contributed by atoms with Crippen molar-refractivity contribution in [2.75, 3.05) is 36.0 Å². The van der Waals surface area contributed by atoms with Gasteiger partial charge in [0.25, 0.3) is 0 Å². The fourth-order valence-corrected chi connectivity index (χ4v) is 6.30. The molecule has 2 aromatic carbocycles. The minimum absolute atomic E-state index is 0.238. The van der Waals surface area contributed by atoms with E-state index in [9.17, 15) is 8.78 Å². The number of hydrogen-bond acceptors (Lipinski definition) is 4. The first-order valence-electron chi connectivity index (χ1n) is 15.6. The van der Waals surface area contributed by atoms with Crippen LogP contribution in [-0.4, -0.2) is 46.1 Å². The summed E-state index contributed by atoms with van der Waals surface area (Å²) in [6.07, 6.45) is 10.6. The van der Waals surface area contributed by atoms with Gasteiger partial charge in [0.2, 0.25) is 0 Å². The Bertz CT molecular complexity index is 1810. The second-order valence-corrected chi connectivity index (χ2v) is 11.7. The number of nitrogens with one attached hydrogen (secondary N) is 2. The number of aromatic amines is 2. The number of anilines is 2. The number of halogens is 2. The van der Waals surface area contributed by atoms with Crippen LogP contribution in [0.3, 0.4) is 0 Å². The number of aromatic nitrogens is 4. The van der Waals surface area contributed by atoms with Crippen molar-refractivity contribution in [3.63, 3.8) is 0 Å². The van der Waals surface area contributed by atoms with E-state index in [1.54, 1.807) is 24.5 Å². The second-order valence-electron chi connectivity index (χ2n) is 11.7. The first-order chi connectivity index (χ1) is 21.6. The molecular weight excluding hydrogens is 554 g/mol. The molecule has 8 heteroatoms.